The van der Waals surface area contributed by atoms with Gasteiger partial charge < -0.3 is 9.47 Å². The summed E-state index contributed by atoms with van der Waals surface area (Å²) in [7, 11) is 3.07. The predicted octanol–water partition coefficient (Wildman–Crippen LogP) is 2.97. The zero-order valence-corrected chi connectivity index (χ0v) is 18.7. The van der Waals surface area contributed by atoms with Crippen molar-refractivity contribution in [3.8, 4) is 11.5 Å². The molecule has 2 heterocycles. The third kappa shape index (κ3) is 4.27. The van der Waals surface area contributed by atoms with Crippen molar-refractivity contribution < 1.29 is 9.47 Å². The van der Waals surface area contributed by atoms with Crippen molar-refractivity contribution in [1.82, 2.24) is 14.6 Å². The van der Waals surface area contributed by atoms with Gasteiger partial charge in [-0.2, -0.15) is 14.6 Å². The number of thiazole rings is 1. The molecule has 0 bridgehead atoms. The molecule has 0 amide bonds. The summed E-state index contributed by atoms with van der Waals surface area (Å²) in [6, 6.07) is 10.3. The van der Waals surface area contributed by atoms with Crippen molar-refractivity contribution in [1.29, 1.82) is 0 Å². The zero-order chi connectivity index (χ0) is 22.1. The lowest BCUT2D eigenvalue weighted by molar-refractivity contribution is 0.354. The Balaban J connectivity index is 1.77. The average molecular weight is 476 g/mol. The van der Waals surface area contributed by atoms with Crippen LogP contribution in [0.2, 0.25) is 10.0 Å². The highest BCUT2D eigenvalue weighted by Crippen LogP contribution is 2.28. The van der Waals surface area contributed by atoms with Crippen LogP contribution in [0.5, 0.6) is 11.5 Å². The monoisotopic (exact) mass is 475 g/mol. The Kier molecular flexibility index (Phi) is 5.95. The predicted molar refractivity (Wildman–Crippen MR) is 121 cm³/mol. The Morgan fingerprint density at radius 3 is 2.55 bits per heavy atom. The van der Waals surface area contributed by atoms with Crippen LogP contribution in [0.15, 0.2) is 46.0 Å². The Morgan fingerprint density at radius 2 is 1.84 bits per heavy atom. The van der Waals surface area contributed by atoms with Crippen LogP contribution in [0.25, 0.3) is 11.0 Å². The van der Waals surface area contributed by atoms with Gasteiger partial charge in [0.15, 0.2) is 11.5 Å². The smallest absolute Gasteiger partial charge is 0.296 e. The summed E-state index contributed by atoms with van der Waals surface area (Å²) >= 11 is 13.2. The normalized spacial score (nSPS) is 11.8. The fraction of sp³-hybridized carbons (Fsp3) is 0.143. The second kappa shape index (κ2) is 8.66. The molecule has 0 aliphatic rings. The van der Waals surface area contributed by atoms with Gasteiger partial charge in [-0.3, -0.25) is 9.59 Å². The molecule has 0 atom stereocenters. The minimum absolute atomic E-state index is 0.149. The van der Waals surface area contributed by atoms with E-state index in [0.29, 0.717) is 31.6 Å². The maximum atomic E-state index is 12.8. The molecule has 0 aliphatic carbocycles. The van der Waals surface area contributed by atoms with Crippen LogP contribution in [-0.4, -0.2) is 28.8 Å². The Morgan fingerprint density at radius 1 is 1.06 bits per heavy atom. The van der Waals surface area contributed by atoms with Crippen LogP contribution in [0.4, 0.5) is 0 Å². The number of aromatic nitrogens is 3. The maximum absolute atomic E-state index is 12.8. The van der Waals surface area contributed by atoms with Crippen molar-refractivity contribution in [2.45, 2.75) is 6.42 Å². The summed E-state index contributed by atoms with van der Waals surface area (Å²) in [6.07, 6.45) is 1.81. The second-order valence-electron chi connectivity index (χ2n) is 6.51. The highest BCUT2D eigenvalue weighted by atomic mass is 35.5. The van der Waals surface area contributed by atoms with Gasteiger partial charge in [-0.05, 0) is 41.5 Å². The summed E-state index contributed by atoms with van der Waals surface area (Å²) in [4.78, 5) is 29.6. The van der Waals surface area contributed by atoms with E-state index in [1.807, 2.05) is 0 Å². The fourth-order valence-corrected chi connectivity index (χ4v) is 4.35. The van der Waals surface area contributed by atoms with Crippen LogP contribution in [0.3, 0.4) is 0 Å². The molecule has 0 fully saturated rings. The first-order valence-corrected chi connectivity index (χ1v) is 10.6. The lowest BCUT2D eigenvalue weighted by Crippen LogP contribution is -2.28. The van der Waals surface area contributed by atoms with E-state index in [9.17, 15) is 9.59 Å². The van der Waals surface area contributed by atoms with Crippen molar-refractivity contribution in [3.63, 3.8) is 0 Å². The molecule has 0 spiro atoms. The topological polar surface area (TPSA) is 82.8 Å². The van der Waals surface area contributed by atoms with Gasteiger partial charge in [0.2, 0.25) is 4.96 Å². The molecule has 0 radical (unpaired) electrons. The Hall–Kier alpha value is -2.94. The molecular weight excluding hydrogens is 461 g/mol. The van der Waals surface area contributed by atoms with Crippen LogP contribution < -0.4 is 25.1 Å². The number of hydrogen-bond donors (Lipinski definition) is 0. The van der Waals surface area contributed by atoms with E-state index in [2.05, 4.69) is 10.1 Å². The minimum atomic E-state index is -0.493. The number of hydrogen-bond acceptors (Lipinski definition) is 7. The van der Waals surface area contributed by atoms with E-state index < -0.39 is 5.56 Å². The van der Waals surface area contributed by atoms with Crippen LogP contribution in [0.1, 0.15) is 16.8 Å². The molecule has 7 nitrogen and oxygen atoms in total. The number of methoxy groups -OCH3 is 2. The van der Waals surface area contributed by atoms with Crippen molar-refractivity contribution in [3.05, 3.63) is 88.5 Å². The summed E-state index contributed by atoms with van der Waals surface area (Å²) in [5.41, 5.74) is 0.671. The molecule has 10 heteroatoms. The number of rotatable bonds is 5. The molecule has 158 valence electrons. The summed E-state index contributed by atoms with van der Waals surface area (Å²) in [5.74, 6) is 1.11. The van der Waals surface area contributed by atoms with E-state index in [4.69, 9.17) is 32.7 Å². The van der Waals surface area contributed by atoms with Gasteiger partial charge in [-0.25, -0.2) is 0 Å². The van der Waals surface area contributed by atoms with Crippen molar-refractivity contribution in [2.24, 2.45) is 0 Å². The minimum Gasteiger partial charge on any atom is -0.493 e. The highest BCUT2D eigenvalue weighted by molar-refractivity contribution is 7.15. The van der Waals surface area contributed by atoms with Crippen molar-refractivity contribution >= 4 is 45.6 Å². The summed E-state index contributed by atoms with van der Waals surface area (Å²) in [5, 5.41) is 5.17. The number of nitrogens with zero attached hydrogens (tertiary/aromatic N) is 3. The lowest BCUT2D eigenvalue weighted by Gasteiger charge is -2.09. The number of halogens is 2. The van der Waals surface area contributed by atoms with Gasteiger partial charge in [-0.15, -0.1) is 0 Å². The quantitative estimate of drug-likeness (QED) is 0.441. The highest BCUT2D eigenvalue weighted by Gasteiger charge is 2.13. The summed E-state index contributed by atoms with van der Waals surface area (Å²) in [6.45, 7) is 0. The largest absolute Gasteiger partial charge is 0.493 e. The fourth-order valence-electron chi connectivity index (χ4n) is 3.00. The SMILES string of the molecule is COc1ccc(Cc2nn3c(=O)/c(=C/c4ccc(Cl)cc4Cl)sc3nc2=O)cc1OC. The van der Waals surface area contributed by atoms with E-state index in [-0.39, 0.29) is 22.6 Å². The van der Waals surface area contributed by atoms with E-state index in [0.717, 1.165) is 21.4 Å². The average Bonchev–Trinajstić information content (AvgIpc) is 3.04. The first-order valence-electron chi connectivity index (χ1n) is 9.00. The third-order valence-corrected chi connectivity index (χ3v) is 6.04. The number of fused-ring (bicyclic) bond motifs is 1. The molecule has 0 N–H and O–H groups in total. The molecule has 31 heavy (non-hydrogen) atoms. The number of benzene rings is 2. The second-order valence-corrected chi connectivity index (χ2v) is 8.36. The molecule has 0 saturated carbocycles. The Labute approximate surface area is 190 Å². The van der Waals surface area contributed by atoms with Crippen LogP contribution in [0, 0.1) is 0 Å². The molecule has 4 aromatic rings. The molecule has 0 aliphatic heterocycles. The molecule has 4 rings (SSSR count). The van der Waals surface area contributed by atoms with Gasteiger partial charge in [0, 0.05) is 16.5 Å². The van der Waals surface area contributed by atoms with Gasteiger partial charge in [-0.1, -0.05) is 46.7 Å². The van der Waals surface area contributed by atoms with Gasteiger partial charge >= 0.3 is 0 Å². The Bertz CT molecular complexity index is 1470. The standard InChI is InChI=1S/C21H15Cl2N3O4S/c1-29-16-6-3-11(8-17(16)30-2)7-15-19(27)24-21-26(25-15)20(28)18(31-21)9-12-4-5-13(22)10-14(12)23/h3-6,8-10H,7H2,1-2H3/b18-9-. The van der Waals surface area contributed by atoms with E-state index in [1.54, 1.807) is 49.6 Å². The van der Waals surface area contributed by atoms with E-state index >= 15 is 0 Å². The third-order valence-electron chi connectivity index (χ3n) is 4.52. The van der Waals surface area contributed by atoms with Crippen LogP contribution in [-0.2, 0) is 6.42 Å². The van der Waals surface area contributed by atoms with Gasteiger partial charge in [0.1, 0.15) is 5.69 Å². The number of ether oxygens (including phenoxy) is 2. The zero-order valence-electron chi connectivity index (χ0n) is 16.4. The van der Waals surface area contributed by atoms with Crippen molar-refractivity contribution in [2.75, 3.05) is 14.2 Å². The molecule has 2 aromatic carbocycles. The molecule has 0 saturated heterocycles. The maximum Gasteiger partial charge on any atom is 0.296 e. The molecule has 2 aromatic heterocycles. The van der Waals surface area contributed by atoms with Crippen LogP contribution >= 0.6 is 34.5 Å². The van der Waals surface area contributed by atoms with Gasteiger partial charge in [0.25, 0.3) is 11.1 Å². The summed E-state index contributed by atoms with van der Waals surface area (Å²) < 4.78 is 12.0. The lowest BCUT2D eigenvalue weighted by atomic mass is 10.1. The first-order chi connectivity index (χ1) is 14.9. The first kappa shape index (κ1) is 21.3. The van der Waals surface area contributed by atoms with E-state index in [1.165, 1.54) is 7.11 Å². The van der Waals surface area contributed by atoms with Gasteiger partial charge in [0.05, 0.1) is 18.8 Å². The molecule has 0 unspecified atom stereocenters. The molecular formula is C21H15Cl2N3O4S.